The Morgan fingerprint density at radius 2 is 2.00 bits per heavy atom. The quantitative estimate of drug-likeness (QED) is 0.549. The highest BCUT2D eigenvalue weighted by Crippen LogP contribution is 2.06. The lowest BCUT2D eigenvalue weighted by Gasteiger charge is -2.15. The minimum atomic E-state index is 0.790. The van der Waals surface area contributed by atoms with Crippen LogP contribution in [0.1, 0.15) is 46.5 Å². The van der Waals surface area contributed by atoms with Crippen molar-refractivity contribution in [1.82, 2.24) is 5.32 Å². The van der Waals surface area contributed by atoms with Crippen molar-refractivity contribution in [2.24, 2.45) is 5.92 Å². The molecule has 0 aromatic heterocycles. The molecule has 1 unspecified atom stereocenters. The molecule has 1 atom stereocenters. The van der Waals surface area contributed by atoms with Crippen LogP contribution in [-0.2, 0) is 4.74 Å². The van der Waals surface area contributed by atoms with Crippen molar-refractivity contribution in [2.75, 3.05) is 26.3 Å². The highest BCUT2D eigenvalue weighted by atomic mass is 16.5. The zero-order valence-corrected chi connectivity index (χ0v) is 10.1. The van der Waals surface area contributed by atoms with Gasteiger partial charge in [0.2, 0.25) is 0 Å². The third-order valence-corrected chi connectivity index (χ3v) is 2.59. The van der Waals surface area contributed by atoms with Crippen LogP contribution in [0.4, 0.5) is 0 Å². The lowest BCUT2D eigenvalue weighted by atomic mass is 10.0. The zero-order valence-electron chi connectivity index (χ0n) is 10.1. The van der Waals surface area contributed by atoms with Gasteiger partial charge in [-0.2, -0.15) is 0 Å². The largest absolute Gasteiger partial charge is 0.382 e. The molecule has 0 fully saturated rings. The van der Waals surface area contributed by atoms with E-state index in [1.165, 1.54) is 32.2 Å². The molecule has 0 aromatic carbocycles. The lowest BCUT2D eigenvalue weighted by molar-refractivity contribution is 0.131. The van der Waals surface area contributed by atoms with Gasteiger partial charge in [0.05, 0.1) is 0 Å². The Balaban J connectivity index is 3.28. The third kappa shape index (κ3) is 8.52. The van der Waals surface area contributed by atoms with Gasteiger partial charge in [0.15, 0.2) is 0 Å². The number of ether oxygens (including phenoxy) is 1. The molecule has 0 saturated carbocycles. The summed E-state index contributed by atoms with van der Waals surface area (Å²) < 4.78 is 5.37. The van der Waals surface area contributed by atoms with Crippen molar-refractivity contribution in [3.05, 3.63) is 0 Å². The monoisotopic (exact) mass is 201 g/mol. The Kier molecular flexibility index (Phi) is 10.9. The van der Waals surface area contributed by atoms with E-state index in [2.05, 4.69) is 26.1 Å². The molecule has 0 aliphatic rings. The van der Waals surface area contributed by atoms with Crippen LogP contribution in [0, 0.1) is 5.92 Å². The van der Waals surface area contributed by atoms with E-state index < -0.39 is 0 Å². The van der Waals surface area contributed by atoms with Gasteiger partial charge in [-0.15, -0.1) is 0 Å². The molecule has 0 spiro atoms. The number of unbranched alkanes of at least 4 members (excludes halogenated alkanes) is 1. The van der Waals surface area contributed by atoms with E-state index in [1.54, 1.807) is 0 Å². The van der Waals surface area contributed by atoms with Crippen LogP contribution >= 0.6 is 0 Å². The average molecular weight is 201 g/mol. The van der Waals surface area contributed by atoms with Crippen LogP contribution in [0.5, 0.6) is 0 Å². The molecule has 0 amide bonds. The standard InChI is InChI=1S/C12H27NO/c1-4-7-9-13-11-12(5-2)8-10-14-6-3/h12-13H,4-11H2,1-3H3. The van der Waals surface area contributed by atoms with Crippen molar-refractivity contribution in [2.45, 2.75) is 46.5 Å². The summed E-state index contributed by atoms with van der Waals surface area (Å²) in [5, 5.41) is 3.51. The minimum Gasteiger partial charge on any atom is -0.382 e. The summed E-state index contributed by atoms with van der Waals surface area (Å²) >= 11 is 0. The van der Waals surface area contributed by atoms with Crippen molar-refractivity contribution in [3.8, 4) is 0 Å². The Hall–Kier alpha value is -0.0800. The fourth-order valence-electron chi connectivity index (χ4n) is 1.45. The Morgan fingerprint density at radius 3 is 2.57 bits per heavy atom. The first-order valence-electron chi connectivity index (χ1n) is 6.13. The van der Waals surface area contributed by atoms with Crippen LogP contribution in [0.3, 0.4) is 0 Å². The zero-order chi connectivity index (χ0) is 10.6. The van der Waals surface area contributed by atoms with Gasteiger partial charge in [-0.25, -0.2) is 0 Å². The summed E-state index contributed by atoms with van der Waals surface area (Å²) in [6.45, 7) is 10.6. The molecule has 2 nitrogen and oxygen atoms in total. The number of nitrogens with one attached hydrogen (secondary N) is 1. The molecule has 14 heavy (non-hydrogen) atoms. The Morgan fingerprint density at radius 1 is 1.21 bits per heavy atom. The lowest BCUT2D eigenvalue weighted by Crippen LogP contribution is -2.24. The van der Waals surface area contributed by atoms with Gasteiger partial charge in [0.1, 0.15) is 0 Å². The van der Waals surface area contributed by atoms with Crippen LogP contribution in [0.2, 0.25) is 0 Å². The van der Waals surface area contributed by atoms with E-state index in [1.807, 2.05) is 0 Å². The summed E-state index contributed by atoms with van der Waals surface area (Å²) in [5.41, 5.74) is 0. The molecule has 0 radical (unpaired) electrons. The van der Waals surface area contributed by atoms with Crippen LogP contribution in [0.25, 0.3) is 0 Å². The van der Waals surface area contributed by atoms with E-state index in [0.717, 1.165) is 25.7 Å². The first-order chi connectivity index (χ1) is 6.85. The van der Waals surface area contributed by atoms with Gasteiger partial charge in [-0.05, 0) is 38.8 Å². The maximum atomic E-state index is 5.37. The van der Waals surface area contributed by atoms with Gasteiger partial charge in [-0.3, -0.25) is 0 Å². The molecule has 1 N–H and O–H groups in total. The first kappa shape index (κ1) is 13.9. The molecular weight excluding hydrogens is 174 g/mol. The summed E-state index contributed by atoms with van der Waals surface area (Å²) in [5.74, 6) is 0.790. The van der Waals surface area contributed by atoms with Gasteiger partial charge >= 0.3 is 0 Å². The van der Waals surface area contributed by atoms with Crippen LogP contribution in [0.15, 0.2) is 0 Å². The fraction of sp³-hybridized carbons (Fsp3) is 1.00. The van der Waals surface area contributed by atoms with Gasteiger partial charge in [0.25, 0.3) is 0 Å². The molecule has 0 aliphatic heterocycles. The molecule has 86 valence electrons. The normalized spacial score (nSPS) is 13.1. The highest BCUT2D eigenvalue weighted by Gasteiger charge is 2.04. The highest BCUT2D eigenvalue weighted by molar-refractivity contribution is 4.60. The van der Waals surface area contributed by atoms with E-state index in [-0.39, 0.29) is 0 Å². The first-order valence-corrected chi connectivity index (χ1v) is 6.13. The number of rotatable bonds is 10. The summed E-state index contributed by atoms with van der Waals surface area (Å²) in [4.78, 5) is 0. The summed E-state index contributed by atoms with van der Waals surface area (Å²) in [6.07, 6.45) is 5.03. The molecule has 0 heterocycles. The molecule has 0 aliphatic carbocycles. The third-order valence-electron chi connectivity index (χ3n) is 2.59. The summed E-state index contributed by atoms with van der Waals surface area (Å²) in [7, 11) is 0. The Bertz CT molecular complexity index is 106. The predicted octanol–water partition coefficient (Wildman–Crippen LogP) is 2.83. The smallest absolute Gasteiger partial charge is 0.0469 e. The second-order valence-electron chi connectivity index (χ2n) is 3.82. The predicted molar refractivity (Wildman–Crippen MR) is 62.7 cm³/mol. The number of hydrogen-bond donors (Lipinski definition) is 1. The topological polar surface area (TPSA) is 21.3 Å². The molecular formula is C12H27NO. The second kappa shape index (κ2) is 11.0. The van der Waals surface area contributed by atoms with Crippen LogP contribution < -0.4 is 5.32 Å². The number of hydrogen-bond acceptors (Lipinski definition) is 2. The molecule has 2 heteroatoms. The second-order valence-corrected chi connectivity index (χ2v) is 3.82. The molecule has 0 bridgehead atoms. The van der Waals surface area contributed by atoms with Gasteiger partial charge in [-0.1, -0.05) is 26.7 Å². The van der Waals surface area contributed by atoms with E-state index in [9.17, 15) is 0 Å². The van der Waals surface area contributed by atoms with Crippen molar-refractivity contribution in [3.63, 3.8) is 0 Å². The van der Waals surface area contributed by atoms with Crippen molar-refractivity contribution in [1.29, 1.82) is 0 Å². The van der Waals surface area contributed by atoms with Crippen LogP contribution in [-0.4, -0.2) is 26.3 Å². The minimum absolute atomic E-state index is 0.790. The average Bonchev–Trinajstić information content (AvgIpc) is 2.22. The van der Waals surface area contributed by atoms with Crippen molar-refractivity contribution < 1.29 is 4.74 Å². The maximum absolute atomic E-state index is 5.37. The van der Waals surface area contributed by atoms with E-state index >= 15 is 0 Å². The van der Waals surface area contributed by atoms with Gasteiger partial charge in [0, 0.05) is 13.2 Å². The van der Waals surface area contributed by atoms with Crippen molar-refractivity contribution >= 4 is 0 Å². The Labute approximate surface area is 89.4 Å². The molecule has 0 aromatic rings. The fourth-order valence-corrected chi connectivity index (χ4v) is 1.45. The molecule has 0 saturated heterocycles. The van der Waals surface area contributed by atoms with Gasteiger partial charge < -0.3 is 10.1 Å². The maximum Gasteiger partial charge on any atom is 0.0469 e. The summed E-state index contributed by atoms with van der Waals surface area (Å²) in [6, 6.07) is 0. The van der Waals surface area contributed by atoms with E-state index in [0.29, 0.717) is 0 Å². The van der Waals surface area contributed by atoms with E-state index in [4.69, 9.17) is 4.74 Å². The SMILES string of the molecule is CCCCNCC(CC)CCOCC. The molecule has 0 rings (SSSR count).